The van der Waals surface area contributed by atoms with Crippen LogP contribution in [-0.4, -0.2) is 18.3 Å². The lowest BCUT2D eigenvalue weighted by atomic mass is 9.87. The summed E-state index contributed by atoms with van der Waals surface area (Å²) in [5, 5.41) is 16.9. The van der Waals surface area contributed by atoms with E-state index in [0.29, 0.717) is 0 Å². The molecule has 0 aromatic heterocycles. The third-order valence-electron chi connectivity index (χ3n) is 7.69. The molecule has 1 N–H and O–H groups in total. The molecule has 0 unspecified atom stereocenters. The Labute approximate surface area is 233 Å². The summed E-state index contributed by atoms with van der Waals surface area (Å²) in [6, 6.07) is 49.3. The smallest absolute Gasteiger partial charge is 0.135 e. The second-order valence-electron chi connectivity index (χ2n) is 10.1. The van der Waals surface area contributed by atoms with Gasteiger partial charge in [0.1, 0.15) is 12.4 Å². The summed E-state index contributed by atoms with van der Waals surface area (Å²) in [5.41, 5.74) is 6.54. The molecule has 0 aliphatic heterocycles. The highest BCUT2D eigenvalue weighted by Gasteiger charge is 2.20. The molecule has 0 bridgehead atoms. The maximum absolute atomic E-state index is 9.82. The van der Waals surface area contributed by atoms with Crippen LogP contribution in [0.2, 0.25) is 0 Å². The summed E-state index contributed by atoms with van der Waals surface area (Å²) in [5.74, 6) is 0.783. The molecule has 0 amide bonds. The summed E-state index contributed by atoms with van der Waals surface area (Å²) >= 11 is 0. The molecule has 40 heavy (non-hydrogen) atoms. The zero-order chi connectivity index (χ0) is 26.9. The lowest BCUT2D eigenvalue weighted by molar-refractivity contribution is 0.202. The van der Waals surface area contributed by atoms with Crippen molar-refractivity contribution >= 4 is 32.3 Å². The van der Waals surface area contributed by atoms with Crippen molar-refractivity contribution < 1.29 is 9.84 Å². The molecule has 0 saturated carbocycles. The predicted octanol–water partition coefficient (Wildman–Crippen LogP) is 9.52. The summed E-state index contributed by atoms with van der Waals surface area (Å²) in [6.07, 6.45) is 0. The first-order valence-corrected chi connectivity index (χ1v) is 13.7. The van der Waals surface area contributed by atoms with Gasteiger partial charge in [-0.3, -0.25) is 0 Å². The average Bonchev–Trinajstić information content (AvgIpc) is 3.02. The zero-order valence-corrected chi connectivity index (χ0v) is 22.0. The highest BCUT2D eigenvalue weighted by atomic mass is 16.5. The van der Waals surface area contributed by atoms with E-state index in [1.165, 1.54) is 27.1 Å². The van der Waals surface area contributed by atoms with Crippen molar-refractivity contribution in [3.05, 3.63) is 140 Å². The van der Waals surface area contributed by atoms with Gasteiger partial charge >= 0.3 is 0 Å². The van der Waals surface area contributed by atoms with Crippen LogP contribution in [0, 0.1) is 0 Å². The molecule has 2 nitrogen and oxygen atoms in total. The van der Waals surface area contributed by atoms with E-state index in [0.717, 1.165) is 44.3 Å². The second-order valence-corrected chi connectivity index (χ2v) is 10.1. The van der Waals surface area contributed by atoms with Crippen molar-refractivity contribution in [2.24, 2.45) is 0 Å². The number of aliphatic hydroxyl groups is 1. The van der Waals surface area contributed by atoms with Crippen LogP contribution in [0.4, 0.5) is 0 Å². The largest absolute Gasteiger partial charge is 0.490 e. The fourth-order valence-corrected chi connectivity index (χ4v) is 5.89. The second kappa shape index (κ2) is 10.3. The van der Waals surface area contributed by atoms with E-state index < -0.39 is 0 Å². The molecule has 0 heterocycles. The summed E-state index contributed by atoms with van der Waals surface area (Å²) in [7, 11) is 0. The van der Waals surface area contributed by atoms with Gasteiger partial charge < -0.3 is 9.84 Å². The molecule has 0 aliphatic rings. The quantitative estimate of drug-likeness (QED) is 0.238. The van der Waals surface area contributed by atoms with E-state index in [4.69, 9.17) is 4.74 Å². The van der Waals surface area contributed by atoms with Crippen LogP contribution in [0.5, 0.6) is 5.75 Å². The number of rotatable bonds is 6. The Hall–Kier alpha value is -4.92. The summed E-state index contributed by atoms with van der Waals surface area (Å²) < 4.78 is 6.45. The molecule has 7 rings (SSSR count). The van der Waals surface area contributed by atoms with Crippen molar-refractivity contribution in [2.75, 3.05) is 13.2 Å². The van der Waals surface area contributed by atoms with Gasteiger partial charge in [0.2, 0.25) is 0 Å². The Kier molecular flexibility index (Phi) is 6.24. The molecule has 7 aromatic carbocycles. The van der Waals surface area contributed by atoms with Gasteiger partial charge in [0.15, 0.2) is 0 Å². The first-order valence-electron chi connectivity index (χ1n) is 13.7. The number of aliphatic hydroxyl groups excluding tert-OH is 1. The molecule has 192 valence electrons. The van der Waals surface area contributed by atoms with Gasteiger partial charge in [-0.05, 0) is 66.7 Å². The van der Waals surface area contributed by atoms with E-state index in [1.54, 1.807) is 0 Å². The van der Waals surface area contributed by atoms with Crippen LogP contribution < -0.4 is 4.74 Å². The van der Waals surface area contributed by atoms with Crippen molar-refractivity contribution in [1.29, 1.82) is 0 Å². The molecule has 0 fully saturated rings. The minimum absolute atomic E-state index is 0.0605. The van der Waals surface area contributed by atoms with Crippen LogP contribution in [0.15, 0.2) is 140 Å². The average molecular weight is 517 g/mol. The minimum atomic E-state index is -0.0605. The zero-order valence-electron chi connectivity index (χ0n) is 22.0. The number of hydrogen-bond acceptors (Lipinski definition) is 2. The van der Waals surface area contributed by atoms with E-state index >= 15 is 0 Å². The molecule has 0 atom stereocenters. The van der Waals surface area contributed by atoms with Gasteiger partial charge in [-0.25, -0.2) is 0 Å². The Morgan fingerprint density at radius 2 is 0.825 bits per heavy atom. The minimum Gasteiger partial charge on any atom is -0.490 e. The molecule has 0 radical (unpaired) electrons. The lowest BCUT2D eigenvalue weighted by Crippen LogP contribution is -2.05. The third-order valence-corrected chi connectivity index (χ3v) is 7.69. The number of benzene rings is 7. The third kappa shape index (κ3) is 4.20. The number of hydrogen-bond donors (Lipinski definition) is 1. The van der Waals surface area contributed by atoms with Gasteiger partial charge in [0.05, 0.1) is 6.61 Å². The van der Waals surface area contributed by atoms with Crippen molar-refractivity contribution in [2.45, 2.75) is 0 Å². The predicted molar refractivity (Wildman–Crippen MR) is 168 cm³/mol. The van der Waals surface area contributed by atoms with Crippen LogP contribution in [0.1, 0.15) is 0 Å². The standard InChI is InChI=1S/C38H28O2/c39-22-23-40-38-36(34-20-8-14-27-11-2-5-17-31(27)34)24-29(33-19-7-13-26-10-1-4-16-30(26)33)25-37(38)35-21-9-15-28-12-3-6-18-32(28)35/h1-21,24-25,39H,22-23H2. The van der Waals surface area contributed by atoms with Gasteiger partial charge in [0, 0.05) is 11.1 Å². The maximum Gasteiger partial charge on any atom is 0.135 e. The highest BCUT2D eigenvalue weighted by molar-refractivity contribution is 6.06. The fraction of sp³-hybridized carbons (Fsp3) is 0.0526. The topological polar surface area (TPSA) is 29.5 Å². The van der Waals surface area contributed by atoms with Gasteiger partial charge in [-0.15, -0.1) is 0 Å². The summed E-state index contributed by atoms with van der Waals surface area (Å²) in [4.78, 5) is 0. The van der Waals surface area contributed by atoms with Crippen molar-refractivity contribution in [1.82, 2.24) is 0 Å². The Morgan fingerprint density at radius 3 is 1.30 bits per heavy atom. The van der Waals surface area contributed by atoms with Gasteiger partial charge in [0.25, 0.3) is 0 Å². The van der Waals surface area contributed by atoms with Gasteiger partial charge in [-0.1, -0.05) is 127 Å². The Bertz CT molecular complexity index is 1890. The number of ether oxygens (including phenoxy) is 1. The van der Waals surface area contributed by atoms with E-state index in [1.807, 2.05) is 0 Å². The lowest BCUT2D eigenvalue weighted by Gasteiger charge is -2.21. The monoisotopic (exact) mass is 516 g/mol. The molecular weight excluding hydrogens is 488 g/mol. The first-order chi connectivity index (χ1) is 19.8. The van der Waals surface area contributed by atoms with Crippen LogP contribution in [0.3, 0.4) is 0 Å². The molecule has 0 spiro atoms. The van der Waals surface area contributed by atoms with Crippen molar-refractivity contribution in [3.8, 4) is 39.1 Å². The van der Waals surface area contributed by atoms with Gasteiger partial charge in [-0.2, -0.15) is 0 Å². The maximum atomic E-state index is 9.82. The number of fused-ring (bicyclic) bond motifs is 3. The van der Waals surface area contributed by atoms with Crippen LogP contribution >= 0.6 is 0 Å². The molecular formula is C38H28O2. The normalized spacial score (nSPS) is 11.3. The molecule has 0 saturated heterocycles. The molecule has 0 aliphatic carbocycles. The molecule has 7 aromatic rings. The Morgan fingerprint density at radius 1 is 0.425 bits per heavy atom. The molecule has 2 heteroatoms. The highest BCUT2D eigenvalue weighted by Crippen LogP contribution is 2.46. The van der Waals surface area contributed by atoms with E-state index in [2.05, 4.69) is 140 Å². The first kappa shape index (κ1) is 24.1. The van der Waals surface area contributed by atoms with Crippen LogP contribution in [0.25, 0.3) is 65.7 Å². The van der Waals surface area contributed by atoms with Crippen LogP contribution in [-0.2, 0) is 0 Å². The summed E-state index contributed by atoms with van der Waals surface area (Å²) in [6.45, 7) is 0.151. The van der Waals surface area contributed by atoms with E-state index in [-0.39, 0.29) is 13.2 Å². The SMILES string of the molecule is OCCOc1c(-c2cccc3ccccc23)cc(-c2cccc3ccccc23)cc1-c1cccc2ccccc12. The Balaban J connectivity index is 1.61. The van der Waals surface area contributed by atoms with Crippen molar-refractivity contribution in [3.63, 3.8) is 0 Å². The van der Waals surface area contributed by atoms with E-state index in [9.17, 15) is 5.11 Å². The fourth-order valence-electron chi connectivity index (χ4n) is 5.89.